The van der Waals surface area contributed by atoms with Crippen LogP contribution in [-0.2, 0) is 17.6 Å². The molecule has 0 unspecified atom stereocenters. The number of aliphatic carboxylic acids is 1. The van der Waals surface area contributed by atoms with E-state index in [1.165, 1.54) is 0 Å². The highest BCUT2D eigenvalue weighted by Gasteiger charge is 2.16. The quantitative estimate of drug-likeness (QED) is 0.597. The average molecular weight is 345 g/mol. The molecule has 0 radical (unpaired) electrons. The van der Waals surface area contributed by atoms with Crippen molar-refractivity contribution in [3.05, 3.63) is 78.1 Å². The molecule has 1 N–H and O–H groups in total. The Hall–Kier alpha value is -3.61. The second-order valence-electron chi connectivity index (χ2n) is 5.86. The monoisotopic (exact) mass is 345 g/mol. The third kappa shape index (κ3) is 3.14. The summed E-state index contributed by atoms with van der Waals surface area (Å²) >= 11 is 0. The second-order valence-corrected chi connectivity index (χ2v) is 5.86. The lowest BCUT2D eigenvalue weighted by Gasteiger charge is -2.08. The molecule has 4 rings (SSSR count). The van der Waals surface area contributed by atoms with E-state index < -0.39 is 5.97 Å². The van der Waals surface area contributed by atoms with Gasteiger partial charge in [0.25, 0.3) is 0 Å². The maximum atomic E-state index is 11.1. The fourth-order valence-electron chi connectivity index (χ4n) is 2.82. The van der Waals surface area contributed by atoms with Gasteiger partial charge >= 0.3 is 5.97 Å². The number of carbonyl (C=O) groups is 1. The Balaban J connectivity index is 1.88. The number of pyridine rings is 1. The zero-order chi connectivity index (χ0) is 17.9. The van der Waals surface area contributed by atoms with Gasteiger partial charge in [-0.15, -0.1) is 10.2 Å². The highest BCUT2D eigenvalue weighted by Crippen LogP contribution is 2.21. The molecular formula is C19H15N5O2. The third-order valence-corrected chi connectivity index (χ3v) is 4.01. The average Bonchev–Trinajstić information content (AvgIpc) is 3.06. The molecule has 0 aliphatic heterocycles. The van der Waals surface area contributed by atoms with E-state index >= 15 is 0 Å². The highest BCUT2D eigenvalue weighted by molar-refractivity contribution is 5.70. The summed E-state index contributed by atoms with van der Waals surface area (Å²) in [5.41, 5.74) is 3.94. The minimum Gasteiger partial charge on any atom is -0.481 e. The van der Waals surface area contributed by atoms with E-state index in [9.17, 15) is 4.79 Å². The van der Waals surface area contributed by atoms with Crippen LogP contribution in [0.15, 0.2) is 61.1 Å². The Bertz CT molecular complexity index is 1060. The molecule has 0 spiro atoms. The Morgan fingerprint density at radius 2 is 1.92 bits per heavy atom. The first kappa shape index (κ1) is 15.9. The van der Waals surface area contributed by atoms with Crippen molar-refractivity contribution in [2.45, 2.75) is 12.8 Å². The smallest absolute Gasteiger partial charge is 0.311 e. The molecule has 0 bridgehead atoms. The molecule has 26 heavy (non-hydrogen) atoms. The number of fused-ring (bicyclic) bond motifs is 1. The van der Waals surface area contributed by atoms with Gasteiger partial charge in [0.2, 0.25) is 0 Å². The largest absolute Gasteiger partial charge is 0.481 e. The Morgan fingerprint density at radius 1 is 1.08 bits per heavy atom. The summed E-state index contributed by atoms with van der Waals surface area (Å²) in [6.07, 6.45) is 5.55. The van der Waals surface area contributed by atoms with E-state index in [2.05, 4.69) is 15.2 Å². The van der Waals surface area contributed by atoms with E-state index in [4.69, 9.17) is 10.1 Å². The van der Waals surface area contributed by atoms with E-state index in [0.717, 1.165) is 16.8 Å². The number of rotatable bonds is 5. The third-order valence-electron chi connectivity index (χ3n) is 4.01. The topological polar surface area (TPSA) is 93.3 Å². The van der Waals surface area contributed by atoms with Crippen LogP contribution < -0.4 is 0 Å². The van der Waals surface area contributed by atoms with Crippen LogP contribution in [0.5, 0.6) is 0 Å². The van der Waals surface area contributed by atoms with Crippen LogP contribution in [0.2, 0.25) is 0 Å². The van der Waals surface area contributed by atoms with Gasteiger partial charge in [-0.1, -0.05) is 30.3 Å². The van der Waals surface area contributed by atoms with Gasteiger partial charge in [-0.05, 0) is 17.7 Å². The summed E-state index contributed by atoms with van der Waals surface area (Å²) < 4.78 is 1.71. The fraction of sp³-hybridized carbons (Fsp3) is 0.105. The standard InChI is InChI=1S/C19H15N5O2/c25-18(26)10-17-22-23-19-15(9-13-5-2-1-3-6-13)21-16(12-24(17)19)14-7-4-8-20-11-14/h1-8,11-12H,9-10H2,(H,25,26). The molecule has 1 aromatic carbocycles. The number of hydrogen-bond donors (Lipinski definition) is 1. The Kier molecular flexibility index (Phi) is 4.10. The summed E-state index contributed by atoms with van der Waals surface area (Å²) in [6, 6.07) is 13.7. The number of benzene rings is 1. The summed E-state index contributed by atoms with van der Waals surface area (Å²) in [4.78, 5) is 20.0. The van der Waals surface area contributed by atoms with Gasteiger partial charge < -0.3 is 5.11 Å². The van der Waals surface area contributed by atoms with Crippen molar-refractivity contribution in [3.8, 4) is 11.3 Å². The van der Waals surface area contributed by atoms with Crippen molar-refractivity contribution in [2.75, 3.05) is 0 Å². The van der Waals surface area contributed by atoms with E-state index in [0.29, 0.717) is 23.6 Å². The minimum atomic E-state index is -0.955. The molecule has 0 aliphatic rings. The Labute approximate surface area is 149 Å². The van der Waals surface area contributed by atoms with E-state index in [1.54, 1.807) is 23.0 Å². The maximum absolute atomic E-state index is 11.1. The van der Waals surface area contributed by atoms with Gasteiger partial charge in [-0.3, -0.25) is 14.2 Å². The lowest BCUT2D eigenvalue weighted by molar-refractivity contribution is -0.136. The molecule has 0 saturated heterocycles. The predicted octanol–water partition coefficient (Wildman–Crippen LogP) is 2.40. The van der Waals surface area contributed by atoms with Gasteiger partial charge in [0.1, 0.15) is 12.2 Å². The molecule has 0 aliphatic carbocycles. The number of carboxylic acids is 1. The van der Waals surface area contributed by atoms with Gasteiger partial charge in [-0.25, -0.2) is 4.98 Å². The molecule has 7 heteroatoms. The van der Waals surface area contributed by atoms with E-state index in [-0.39, 0.29) is 6.42 Å². The van der Waals surface area contributed by atoms with E-state index in [1.807, 2.05) is 42.5 Å². The molecule has 3 heterocycles. The van der Waals surface area contributed by atoms with Gasteiger partial charge in [-0.2, -0.15) is 0 Å². The highest BCUT2D eigenvalue weighted by atomic mass is 16.4. The first-order valence-corrected chi connectivity index (χ1v) is 8.10. The SMILES string of the molecule is O=C(O)Cc1nnc2c(Cc3ccccc3)nc(-c3cccnc3)cn12. The Morgan fingerprint density at radius 3 is 2.65 bits per heavy atom. The van der Waals surface area contributed by atoms with Crippen LogP contribution in [-0.4, -0.2) is 35.6 Å². The maximum Gasteiger partial charge on any atom is 0.311 e. The summed E-state index contributed by atoms with van der Waals surface area (Å²) in [7, 11) is 0. The first-order chi connectivity index (χ1) is 12.7. The molecule has 128 valence electrons. The molecule has 0 amide bonds. The molecule has 7 nitrogen and oxygen atoms in total. The summed E-state index contributed by atoms with van der Waals surface area (Å²) in [5.74, 6) is -0.585. The molecule has 4 aromatic rings. The summed E-state index contributed by atoms with van der Waals surface area (Å²) in [6.45, 7) is 0. The second kappa shape index (κ2) is 6.72. The minimum absolute atomic E-state index is 0.206. The van der Waals surface area contributed by atoms with Crippen molar-refractivity contribution in [3.63, 3.8) is 0 Å². The zero-order valence-electron chi connectivity index (χ0n) is 13.8. The zero-order valence-corrected chi connectivity index (χ0v) is 13.8. The van der Waals surface area contributed by atoms with Crippen LogP contribution in [0.25, 0.3) is 16.9 Å². The van der Waals surface area contributed by atoms with Crippen molar-refractivity contribution in [2.24, 2.45) is 0 Å². The number of carboxylic acid groups (broad SMARTS) is 1. The van der Waals surface area contributed by atoms with Crippen molar-refractivity contribution in [1.29, 1.82) is 0 Å². The lowest BCUT2D eigenvalue weighted by Crippen LogP contribution is -2.07. The molecular weight excluding hydrogens is 330 g/mol. The number of hydrogen-bond acceptors (Lipinski definition) is 5. The van der Waals surface area contributed by atoms with Gasteiger partial charge in [0, 0.05) is 30.6 Å². The first-order valence-electron chi connectivity index (χ1n) is 8.10. The molecule has 0 fully saturated rings. The molecule has 3 aromatic heterocycles. The van der Waals surface area contributed by atoms with Crippen LogP contribution in [0.3, 0.4) is 0 Å². The van der Waals surface area contributed by atoms with Crippen LogP contribution >= 0.6 is 0 Å². The fourth-order valence-corrected chi connectivity index (χ4v) is 2.82. The van der Waals surface area contributed by atoms with Crippen molar-refractivity contribution < 1.29 is 9.90 Å². The molecule has 0 saturated carbocycles. The van der Waals surface area contributed by atoms with Crippen LogP contribution in [0.1, 0.15) is 17.1 Å². The van der Waals surface area contributed by atoms with Gasteiger partial charge in [0.15, 0.2) is 5.65 Å². The van der Waals surface area contributed by atoms with Crippen molar-refractivity contribution in [1.82, 2.24) is 24.6 Å². The number of aromatic nitrogens is 5. The van der Waals surface area contributed by atoms with Crippen LogP contribution in [0.4, 0.5) is 0 Å². The van der Waals surface area contributed by atoms with Crippen molar-refractivity contribution >= 4 is 11.6 Å². The molecule has 0 atom stereocenters. The lowest BCUT2D eigenvalue weighted by atomic mass is 10.1. The van der Waals surface area contributed by atoms with Gasteiger partial charge in [0.05, 0.1) is 11.4 Å². The van der Waals surface area contributed by atoms with Crippen LogP contribution in [0, 0.1) is 0 Å². The summed E-state index contributed by atoms with van der Waals surface area (Å²) in [5, 5.41) is 17.4. The number of nitrogens with zero attached hydrogens (tertiary/aromatic N) is 5. The predicted molar refractivity (Wildman–Crippen MR) is 94.6 cm³/mol. The normalized spacial score (nSPS) is 10.9.